The van der Waals surface area contributed by atoms with Gasteiger partial charge in [0.2, 0.25) is 5.88 Å². The molecule has 0 spiro atoms. The second-order valence-corrected chi connectivity index (χ2v) is 4.65. The van der Waals surface area contributed by atoms with E-state index in [-0.39, 0.29) is 10.6 Å². The molecule has 0 unspecified atom stereocenters. The topological polar surface area (TPSA) is 59.4 Å². The normalized spacial score (nSPS) is 15.4. The first kappa shape index (κ1) is 12.2. The van der Waals surface area contributed by atoms with Crippen molar-refractivity contribution >= 4 is 17.6 Å². The predicted molar refractivity (Wildman–Crippen MR) is 63.7 cm³/mol. The number of carboxylic acids is 1. The molecule has 0 bridgehead atoms. The average Bonchev–Trinajstić information content (AvgIpc) is 2.23. The van der Waals surface area contributed by atoms with Crippen LogP contribution in [-0.2, 0) is 0 Å². The van der Waals surface area contributed by atoms with Crippen LogP contribution in [0.2, 0.25) is 5.02 Å². The largest absolute Gasteiger partial charge is 0.478 e. The number of aromatic nitrogens is 1. The Labute approximate surface area is 105 Å². The zero-order chi connectivity index (χ0) is 12.3. The number of hydrogen-bond donors (Lipinski definition) is 1. The molecule has 1 heterocycles. The Morgan fingerprint density at radius 3 is 2.94 bits per heavy atom. The summed E-state index contributed by atoms with van der Waals surface area (Å²) < 4.78 is 5.43. The van der Waals surface area contributed by atoms with E-state index in [1.165, 1.54) is 31.5 Å². The molecule has 1 aliphatic carbocycles. The number of nitrogens with zero attached hydrogens (tertiary/aromatic N) is 1. The highest BCUT2D eigenvalue weighted by Gasteiger charge is 2.17. The summed E-state index contributed by atoms with van der Waals surface area (Å²) in [5.41, 5.74) is 0.0281. The van der Waals surface area contributed by atoms with Gasteiger partial charge in [0.05, 0.1) is 23.4 Å². The maximum absolute atomic E-state index is 10.8. The van der Waals surface area contributed by atoms with Crippen LogP contribution in [0.3, 0.4) is 0 Å². The van der Waals surface area contributed by atoms with Crippen molar-refractivity contribution in [3.05, 3.63) is 22.8 Å². The lowest BCUT2D eigenvalue weighted by Crippen LogP contribution is -2.14. The molecule has 0 saturated heterocycles. The Morgan fingerprint density at radius 2 is 2.35 bits per heavy atom. The fourth-order valence-corrected chi connectivity index (χ4v) is 1.96. The highest BCUT2D eigenvalue weighted by atomic mass is 35.5. The molecule has 2 rings (SSSR count). The summed E-state index contributed by atoms with van der Waals surface area (Å²) in [5.74, 6) is 0.0219. The van der Waals surface area contributed by atoms with Crippen LogP contribution >= 0.6 is 11.6 Å². The lowest BCUT2D eigenvalue weighted by molar-refractivity contribution is 0.0696. The Kier molecular flexibility index (Phi) is 3.84. The van der Waals surface area contributed by atoms with Crippen molar-refractivity contribution in [1.29, 1.82) is 0 Å². The summed E-state index contributed by atoms with van der Waals surface area (Å²) in [7, 11) is 0. The highest BCUT2D eigenvalue weighted by molar-refractivity contribution is 6.33. The van der Waals surface area contributed by atoms with E-state index < -0.39 is 5.97 Å². The fourth-order valence-electron chi connectivity index (χ4n) is 1.77. The number of rotatable bonds is 5. The zero-order valence-electron chi connectivity index (χ0n) is 9.36. The minimum Gasteiger partial charge on any atom is -0.478 e. The van der Waals surface area contributed by atoms with Crippen LogP contribution in [0.15, 0.2) is 12.3 Å². The van der Waals surface area contributed by atoms with Crippen LogP contribution in [0.25, 0.3) is 0 Å². The molecule has 0 atom stereocenters. The van der Waals surface area contributed by atoms with Gasteiger partial charge in [0, 0.05) is 6.07 Å². The maximum Gasteiger partial charge on any atom is 0.337 e. The Balaban J connectivity index is 1.91. The van der Waals surface area contributed by atoms with Gasteiger partial charge in [-0.15, -0.1) is 0 Å². The quantitative estimate of drug-likeness (QED) is 0.879. The summed E-state index contributed by atoms with van der Waals surface area (Å²) in [6.45, 7) is 0.582. The van der Waals surface area contributed by atoms with Crippen LogP contribution in [0.1, 0.15) is 36.0 Å². The number of pyridine rings is 1. The first-order chi connectivity index (χ1) is 8.16. The molecule has 92 valence electrons. The van der Waals surface area contributed by atoms with Gasteiger partial charge in [-0.1, -0.05) is 30.9 Å². The number of hydrogen-bond acceptors (Lipinski definition) is 3. The summed E-state index contributed by atoms with van der Waals surface area (Å²) >= 11 is 5.71. The predicted octanol–water partition coefficient (Wildman–Crippen LogP) is 3.00. The van der Waals surface area contributed by atoms with Gasteiger partial charge in [-0.3, -0.25) is 0 Å². The molecule has 5 heteroatoms. The van der Waals surface area contributed by atoms with Crippen LogP contribution in [0.5, 0.6) is 5.88 Å². The second kappa shape index (κ2) is 5.36. The summed E-state index contributed by atoms with van der Waals surface area (Å²) in [5, 5.41) is 9.01. The van der Waals surface area contributed by atoms with Crippen LogP contribution in [0, 0.1) is 5.92 Å². The third kappa shape index (κ3) is 3.09. The molecule has 1 aromatic heterocycles. The number of carboxylic acid groups (broad SMARTS) is 1. The van der Waals surface area contributed by atoms with Crippen molar-refractivity contribution < 1.29 is 14.6 Å². The molecule has 0 radical (unpaired) electrons. The molecule has 0 amide bonds. The number of halogens is 1. The molecule has 17 heavy (non-hydrogen) atoms. The smallest absolute Gasteiger partial charge is 0.337 e. The van der Waals surface area contributed by atoms with Gasteiger partial charge in [-0.25, -0.2) is 9.78 Å². The Hall–Kier alpha value is -1.29. The van der Waals surface area contributed by atoms with E-state index in [0.29, 0.717) is 12.5 Å². The summed E-state index contributed by atoms with van der Waals surface area (Å²) in [6.07, 6.45) is 6.18. The fraction of sp³-hybridized carbons (Fsp3) is 0.500. The van der Waals surface area contributed by atoms with E-state index in [1.54, 1.807) is 0 Å². The molecule has 1 N–H and O–H groups in total. The standard InChI is InChI=1S/C12H14ClNO3/c13-10-7-14-11(6-9(10)12(15)16)17-5-4-8-2-1-3-8/h6-8H,1-5H2,(H,15,16). The van der Waals surface area contributed by atoms with Crippen molar-refractivity contribution in [2.45, 2.75) is 25.7 Å². The van der Waals surface area contributed by atoms with Gasteiger partial charge >= 0.3 is 5.97 Å². The maximum atomic E-state index is 10.8. The number of carbonyl (C=O) groups is 1. The first-order valence-electron chi connectivity index (χ1n) is 5.68. The van der Waals surface area contributed by atoms with Crippen molar-refractivity contribution in [3.8, 4) is 5.88 Å². The van der Waals surface area contributed by atoms with Crippen LogP contribution < -0.4 is 4.74 Å². The van der Waals surface area contributed by atoms with E-state index in [9.17, 15) is 4.79 Å². The van der Waals surface area contributed by atoms with E-state index >= 15 is 0 Å². The van der Waals surface area contributed by atoms with Crippen LogP contribution in [-0.4, -0.2) is 22.7 Å². The van der Waals surface area contributed by atoms with Crippen molar-refractivity contribution in [2.24, 2.45) is 5.92 Å². The van der Waals surface area contributed by atoms with Gasteiger partial charge in [0.1, 0.15) is 0 Å². The molecular formula is C12H14ClNO3. The van der Waals surface area contributed by atoms with Crippen LogP contribution in [0.4, 0.5) is 0 Å². The highest BCUT2D eigenvalue weighted by Crippen LogP contribution is 2.29. The molecule has 0 aliphatic heterocycles. The molecule has 1 aliphatic rings. The summed E-state index contributed by atoms with van der Waals surface area (Å²) in [6, 6.07) is 1.37. The lowest BCUT2D eigenvalue weighted by Gasteiger charge is -2.24. The Morgan fingerprint density at radius 1 is 1.59 bits per heavy atom. The van der Waals surface area contributed by atoms with E-state index in [4.69, 9.17) is 21.4 Å². The lowest BCUT2D eigenvalue weighted by atomic mass is 9.83. The molecule has 1 fully saturated rings. The average molecular weight is 256 g/mol. The minimum absolute atomic E-state index is 0.0281. The summed E-state index contributed by atoms with van der Waals surface area (Å²) in [4.78, 5) is 14.8. The zero-order valence-corrected chi connectivity index (χ0v) is 10.1. The van der Waals surface area contributed by atoms with E-state index in [0.717, 1.165) is 12.3 Å². The first-order valence-corrected chi connectivity index (χ1v) is 6.06. The SMILES string of the molecule is O=C(O)c1cc(OCCC2CCC2)ncc1Cl. The van der Waals surface area contributed by atoms with Gasteiger partial charge in [-0.05, 0) is 12.3 Å². The van der Waals surface area contributed by atoms with E-state index in [2.05, 4.69) is 4.98 Å². The van der Waals surface area contributed by atoms with Gasteiger partial charge in [-0.2, -0.15) is 0 Å². The van der Waals surface area contributed by atoms with E-state index in [1.807, 2.05) is 0 Å². The minimum atomic E-state index is -1.07. The third-order valence-electron chi connectivity index (χ3n) is 3.06. The van der Waals surface area contributed by atoms with Gasteiger partial charge in [0.25, 0.3) is 0 Å². The van der Waals surface area contributed by atoms with Crippen molar-refractivity contribution in [2.75, 3.05) is 6.61 Å². The molecular weight excluding hydrogens is 242 g/mol. The Bertz CT molecular complexity index is 418. The molecule has 4 nitrogen and oxygen atoms in total. The number of ether oxygens (including phenoxy) is 1. The molecule has 1 aromatic rings. The monoisotopic (exact) mass is 255 g/mol. The van der Waals surface area contributed by atoms with Gasteiger partial charge < -0.3 is 9.84 Å². The molecule has 1 saturated carbocycles. The second-order valence-electron chi connectivity index (χ2n) is 4.24. The molecule has 0 aromatic carbocycles. The van der Waals surface area contributed by atoms with Crippen molar-refractivity contribution in [3.63, 3.8) is 0 Å². The third-order valence-corrected chi connectivity index (χ3v) is 3.36. The van der Waals surface area contributed by atoms with Gasteiger partial charge in [0.15, 0.2) is 0 Å². The van der Waals surface area contributed by atoms with Crippen molar-refractivity contribution in [1.82, 2.24) is 4.98 Å². The number of aromatic carboxylic acids is 1.